The minimum Gasteiger partial charge on any atom is -0.464 e. The van der Waals surface area contributed by atoms with Crippen LogP contribution >= 0.6 is 23.5 Å². The second-order valence-corrected chi connectivity index (χ2v) is 13.3. The average Bonchev–Trinajstić information content (AvgIpc) is 3.37. The second kappa shape index (κ2) is 16.2. The van der Waals surface area contributed by atoms with Crippen molar-refractivity contribution in [2.24, 2.45) is 0 Å². The first-order chi connectivity index (χ1) is 19.3. The van der Waals surface area contributed by atoms with Gasteiger partial charge in [-0.15, -0.1) is 23.5 Å². The molecule has 2 saturated heterocycles. The van der Waals surface area contributed by atoms with Crippen LogP contribution in [0.5, 0.6) is 0 Å². The minimum absolute atomic E-state index is 0.00386. The first-order valence-electron chi connectivity index (χ1n) is 14.1. The Balaban J connectivity index is 1.52. The van der Waals surface area contributed by atoms with E-state index < -0.39 is 42.5 Å². The quantitative estimate of drug-likeness (QED) is 0.161. The molecule has 10 nitrogen and oxygen atoms in total. The zero-order chi connectivity index (χ0) is 29.0. The highest BCUT2D eigenvalue weighted by atomic mass is 32.2. The number of carbonyl (C=O) groups is 4. The predicted molar refractivity (Wildman–Crippen MR) is 158 cm³/mol. The zero-order valence-electron chi connectivity index (χ0n) is 23.3. The predicted octanol–water partition coefficient (Wildman–Crippen LogP) is 1.88. The highest BCUT2D eigenvalue weighted by Gasteiger charge is 2.44. The third-order valence-corrected chi connectivity index (χ3v) is 10.3. The van der Waals surface area contributed by atoms with Crippen molar-refractivity contribution in [2.45, 2.75) is 80.7 Å². The number of benzene rings is 1. The number of rotatable bonds is 14. The van der Waals surface area contributed by atoms with Crippen molar-refractivity contribution in [1.29, 1.82) is 0 Å². The molecule has 0 bridgehead atoms. The van der Waals surface area contributed by atoms with Gasteiger partial charge in [0.25, 0.3) is 5.91 Å². The Morgan fingerprint density at radius 2 is 1.82 bits per heavy atom. The Hall–Kier alpha value is -2.28. The third-order valence-electron chi connectivity index (χ3n) is 6.88. The number of nitrogens with one attached hydrogen (secondary N) is 4. The first-order valence-corrected chi connectivity index (χ1v) is 16.0. The van der Waals surface area contributed by atoms with Gasteiger partial charge in [-0.1, -0.05) is 57.0 Å². The normalized spacial score (nSPS) is 20.2. The third kappa shape index (κ3) is 9.39. The molecule has 4 atom stereocenters. The van der Waals surface area contributed by atoms with E-state index in [4.69, 9.17) is 4.74 Å². The highest BCUT2D eigenvalue weighted by molar-refractivity contribution is 8.18. The van der Waals surface area contributed by atoms with E-state index >= 15 is 0 Å². The van der Waals surface area contributed by atoms with Crippen LogP contribution in [-0.4, -0.2) is 82.3 Å². The summed E-state index contributed by atoms with van der Waals surface area (Å²) in [5.41, 5.74) is 0.557. The standard InChI is InChI=1S/C28H42N4O6S2/c1-3-5-13-38-27(37)23(19-11-7-6-8-12-19)32-22(33)17-29-26(36)24(34)20(10-4-2)31-25(35)21-16-28(18-30-21)39-14-9-15-40-28/h6-8,11-12,20-21,23-24,30,34H,3-5,9-10,13-18H2,1-2H3,(H,29,36)(H,31,35)(H,32,33)/t20?,21-,23-,24?/m0/s1. The van der Waals surface area contributed by atoms with Crippen LogP contribution < -0.4 is 21.3 Å². The van der Waals surface area contributed by atoms with E-state index in [0.717, 1.165) is 24.5 Å². The van der Waals surface area contributed by atoms with Crippen molar-refractivity contribution in [3.63, 3.8) is 0 Å². The molecule has 0 radical (unpaired) electrons. The average molecular weight is 595 g/mol. The van der Waals surface area contributed by atoms with Gasteiger partial charge in [-0.2, -0.15) is 0 Å². The fourth-order valence-electron chi connectivity index (χ4n) is 4.65. The van der Waals surface area contributed by atoms with Crippen LogP contribution in [0.15, 0.2) is 30.3 Å². The van der Waals surface area contributed by atoms with Crippen LogP contribution in [0.4, 0.5) is 0 Å². The number of unbranched alkanes of at least 4 members (excludes halogenated alkanes) is 1. The van der Waals surface area contributed by atoms with Crippen molar-refractivity contribution in [2.75, 3.05) is 31.2 Å². The maximum atomic E-state index is 13.0. The van der Waals surface area contributed by atoms with E-state index in [2.05, 4.69) is 21.3 Å². The zero-order valence-corrected chi connectivity index (χ0v) is 24.9. The summed E-state index contributed by atoms with van der Waals surface area (Å²) >= 11 is 3.79. The lowest BCUT2D eigenvalue weighted by molar-refractivity contribution is -0.148. The molecule has 40 heavy (non-hydrogen) atoms. The van der Waals surface area contributed by atoms with E-state index in [1.807, 2.05) is 37.4 Å². The van der Waals surface area contributed by atoms with Gasteiger partial charge in [0.2, 0.25) is 11.8 Å². The lowest BCUT2D eigenvalue weighted by Gasteiger charge is -2.31. The molecule has 0 aromatic heterocycles. The molecule has 3 rings (SSSR count). The smallest absolute Gasteiger partial charge is 0.333 e. The lowest BCUT2D eigenvalue weighted by atomic mass is 10.0. The summed E-state index contributed by atoms with van der Waals surface area (Å²) in [6.07, 6.45) is 2.94. The molecule has 0 saturated carbocycles. The number of aliphatic hydroxyl groups is 1. The van der Waals surface area contributed by atoms with Gasteiger partial charge < -0.3 is 31.1 Å². The summed E-state index contributed by atoms with van der Waals surface area (Å²) in [7, 11) is 0. The molecule has 12 heteroatoms. The fourth-order valence-corrected chi connectivity index (χ4v) is 7.93. The summed E-state index contributed by atoms with van der Waals surface area (Å²) in [6, 6.07) is 6.51. The minimum atomic E-state index is -1.53. The second-order valence-electron chi connectivity index (χ2n) is 10.1. The van der Waals surface area contributed by atoms with Gasteiger partial charge in [0, 0.05) is 6.54 Å². The summed E-state index contributed by atoms with van der Waals surface area (Å²) in [4.78, 5) is 51.1. The molecule has 2 aliphatic rings. The molecule has 5 N–H and O–H groups in total. The fraction of sp³-hybridized carbons (Fsp3) is 0.643. The molecule has 2 unspecified atom stereocenters. The van der Waals surface area contributed by atoms with Crippen molar-refractivity contribution >= 4 is 47.2 Å². The molecule has 2 fully saturated rings. The van der Waals surface area contributed by atoms with Gasteiger partial charge in [-0.3, -0.25) is 14.4 Å². The Bertz CT molecular complexity index is 992. The van der Waals surface area contributed by atoms with E-state index in [1.54, 1.807) is 30.3 Å². The van der Waals surface area contributed by atoms with Gasteiger partial charge >= 0.3 is 5.97 Å². The van der Waals surface area contributed by atoms with Gasteiger partial charge in [-0.05, 0) is 42.8 Å². The highest BCUT2D eigenvalue weighted by Crippen LogP contribution is 2.47. The molecule has 2 heterocycles. The largest absolute Gasteiger partial charge is 0.464 e. The van der Waals surface area contributed by atoms with E-state index in [1.165, 1.54) is 6.42 Å². The van der Waals surface area contributed by atoms with E-state index in [9.17, 15) is 24.3 Å². The molecule has 1 aromatic carbocycles. The summed E-state index contributed by atoms with van der Waals surface area (Å²) < 4.78 is 5.31. The van der Waals surface area contributed by atoms with Crippen LogP contribution in [0.2, 0.25) is 0 Å². The monoisotopic (exact) mass is 594 g/mol. The molecule has 1 spiro atoms. The Kier molecular flexibility index (Phi) is 13.1. The number of thioether (sulfide) groups is 2. The molecule has 0 aliphatic carbocycles. The number of esters is 1. The topological polar surface area (TPSA) is 146 Å². The van der Waals surface area contributed by atoms with Crippen LogP contribution in [0.3, 0.4) is 0 Å². The van der Waals surface area contributed by atoms with Crippen LogP contribution in [-0.2, 0) is 23.9 Å². The summed E-state index contributed by atoms with van der Waals surface area (Å²) in [5, 5.41) is 22.0. The Labute approximate surface area is 244 Å². The van der Waals surface area contributed by atoms with Gasteiger partial charge in [0.1, 0.15) is 0 Å². The van der Waals surface area contributed by atoms with Crippen molar-refractivity contribution < 1.29 is 29.0 Å². The Morgan fingerprint density at radius 3 is 2.50 bits per heavy atom. The lowest BCUT2D eigenvalue weighted by Crippen LogP contribution is -2.54. The maximum absolute atomic E-state index is 13.0. The molecule has 222 valence electrons. The molecular formula is C28H42N4O6S2. The SMILES string of the molecule is CCCCOC(=O)[C@@H](NC(=O)CNC(=O)C(O)C(CCC)NC(=O)[C@@H]1CC2(CN1)SCCCS2)c1ccccc1. The van der Waals surface area contributed by atoms with Gasteiger partial charge in [-0.25, -0.2) is 4.79 Å². The number of hydrogen-bond acceptors (Lipinski definition) is 9. The van der Waals surface area contributed by atoms with E-state index in [0.29, 0.717) is 31.2 Å². The number of amides is 3. The number of ether oxygens (including phenoxy) is 1. The van der Waals surface area contributed by atoms with Crippen LogP contribution in [0.1, 0.15) is 64.0 Å². The van der Waals surface area contributed by atoms with Crippen molar-refractivity contribution in [3.05, 3.63) is 35.9 Å². The van der Waals surface area contributed by atoms with E-state index in [-0.39, 0.29) is 22.6 Å². The van der Waals surface area contributed by atoms with Gasteiger partial charge in [0.15, 0.2) is 12.1 Å². The molecular weight excluding hydrogens is 552 g/mol. The number of aliphatic hydroxyl groups excluding tert-OH is 1. The number of hydrogen-bond donors (Lipinski definition) is 5. The molecule has 2 aliphatic heterocycles. The van der Waals surface area contributed by atoms with Crippen LogP contribution in [0, 0.1) is 0 Å². The Morgan fingerprint density at radius 1 is 1.10 bits per heavy atom. The van der Waals surface area contributed by atoms with Crippen molar-refractivity contribution in [1.82, 2.24) is 21.3 Å². The molecule has 3 amide bonds. The van der Waals surface area contributed by atoms with Crippen LogP contribution in [0.25, 0.3) is 0 Å². The summed E-state index contributed by atoms with van der Waals surface area (Å²) in [5.74, 6) is -0.0395. The molecule has 1 aromatic rings. The maximum Gasteiger partial charge on any atom is 0.333 e. The summed E-state index contributed by atoms with van der Waals surface area (Å²) in [6.45, 7) is 4.42. The number of carbonyl (C=O) groups excluding carboxylic acids is 4. The van der Waals surface area contributed by atoms with Crippen molar-refractivity contribution in [3.8, 4) is 0 Å². The first kappa shape index (κ1) is 32.2. The van der Waals surface area contributed by atoms with Gasteiger partial charge in [0.05, 0.1) is 29.3 Å².